The molecule has 1 aromatic heterocycles. The maximum Gasteiger partial charge on any atom is 0.237 e. The van der Waals surface area contributed by atoms with Crippen LogP contribution in [0.5, 0.6) is 11.5 Å². The second kappa shape index (κ2) is 8.74. The number of halogens is 1. The standard InChI is InChI=1S/C21H20FN3O4S/c1-12-3-4-14(9-16(12)22)20-24-19(29-25-20)11-30-13(2)21(26)23-15-5-6-17-18(10-15)28-8-7-27-17/h3-6,9-10,13H,7-8,11H2,1-2H3,(H,23,26). The molecule has 0 saturated carbocycles. The van der Waals surface area contributed by atoms with Crippen LogP contribution in [-0.4, -0.2) is 34.5 Å². The summed E-state index contributed by atoms with van der Waals surface area (Å²) in [5.74, 6) is 1.85. The first-order valence-corrected chi connectivity index (χ1v) is 10.5. The lowest BCUT2D eigenvalue weighted by atomic mass is 10.1. The summed E-state index contributed by atoms with van der Waals surface area (Å²) in [6, 6.07) is 10.1. The van der Waals surface area contributed by atoms with Gasteiger partial charge in [-0.1, -0.05) is 17.3 Å². The van der Waals surface area contributed by atoms with Gasteiger partial charge in [-0.05, 0) is 37.6 Å². The Bertz CT molecular complexity index is 1070. The second-order valence-corrected chi connectivity index (χ2v) is 8.11. The largest absolute Gasteiger partial charge is 0.486 e. The Hall–Kier alpha value is -3.07. The highest BCUT2D eigenvalue weighted by Crippen LogP contribution is 2.33. The fourth-order valence-electron chi connectivity index (χ4n) is 2.80. The number of nitrogens with zero attached hydrogens (tertiary/aromatic N) is 2. The monoisotopic (exact) mass is 429 g/mol. The lowest BCUT2D eigenvalue weighted by Gasteiger charge is -2.19. The molecule has 3 aromatic rings. The Morgan fingerprint density at radius 3 is 2.80 bits per heavy atom. The summed E-state index contributed by atoms with van der Waals surface area (Å²) in [4.78, 5) is 16.8. The first-order chi connectivity index (χ1) is 14.5. The van der Waals surface area contributed by atoms with Gasteiger partial charge >= 0.3 is 0 Å². The zero-order valence-corrected chi connectivity index (χ0v) is 17.3. The molecule has 0 aliphatic carbocycles. The maximum absolute atomic E-state index is 13.7. The Labute approximate surface area is 177 Å². The molecule has 156 valence electrons. The fourth-order valence-corrected chi connectivity index (χ4v) is 3.52. The average Bonchev–Trinajstić information content (AvgIpc) is 3.23. The van der Waals surface area contributed by atoms with E-state index in [4.69, 9.17) is 14.0 Å². The molecule has 1 atom stereocenters. The minimum Gasteiger partial charge on any atom is -0.486 e. The van der Waals surface area contributed by atoms with Gasteiger partial charge < -0.3 is 19.3 Å². The summed E-state index contributed by atoms with van der Waals surface area (Å²) in [6.07, 6.45) is 0. The summed E-state index contributed by atoms with van der Waals surface area (Å²) in [5.41, 5.74) is 1.73. The van der Waals surface area contributed by atoms with E-state index in [1.54, 1.807) is 44.2 Å². The average molecular weight is 429 g/mol. The van der Waals surface area contributed by atoms with Crippen molar-refractivity contribution in [3.63, 3.8) is 0 Å². The van der Waals surface area contributed by atoms with Gasteiger partial charge in [0.15, 0.2) is 11.5 Å². The first-order valence-electron chi connectivity index (χ1n) is 9.41. The molecular weight excluding hydrogens is 409 g/mol. The maximum atomic E-state index is 13.7. The van der Waals surface area contributed by atoms with Crippen molar-refractivity contribution in [2.75, 3.05) is 18.5 Å². The van der Waals surface area contributed by atoms with E-state index in [0.717, 1.165) is 0 Å². The van der Waals surface area contributed by atoms with Crippen LogP contribution in [0.15, 0.2) is 40.9 Å². The van der Waals surface area contributed by atoms with E-state index >= 15 is 0 Å². The Kier molecular flexibility index (Phi) is 5.89. The van der Waals surface area contributed by atoms with Gasteiger partial charge in [0, 0.05) is 17.3 Å². The SMILES string of the molecule is Cc1ccc(-c2noc(CSC(C)C(=O)Nc3ccc4c(c3)OCCO4)n2)cc1F. The van der Waals surface area contributed by atoms with Crippen LogP contribution < -0.4 is 14.8 Å². The van der Waals surface area contributed by atoms with Crippen LogP contribution in [0.4, 0.5) is 10.1 Å². The number of anilines is 1. The normalized spacial score (nSPS) is 13.7. The van der Waals surface area contributed by atoms with Crippen LogP contribution in [0, 0.1) is 12.7 Å². The van der Waals surface area contributed by atoms with Gasteiger partial charge in [0.25, 0.3) is 0 Å². The molecule has 1 aliphatic heterocycles. The number of carbonyl (C=O) groups is 1. The van der Waals surface area contributed by atoms with Crippen molar-refractivity contribution in [3.8, 4) is 22.9 Å². The molecule has 1 unspecified atom stereocenters. The molecule has 0 spiro atoms. The first kappa shape index (κ1) is 20.2. The quantitative estimate of drug-likeness (QED) is 0.628. The van der Waals surface area contributed by atoms with Gasteiger partial charge in [0.2, 0.25) is 17.6 Å². The van der Waals surface area contributed by atoms with Crippen LogP contribution in [0.1, 0.15) is 18.4 Å². The predicted molar refractivity (Wildman–Crippen MR) is 111 cm³/mol. The zero-order valence-electron chi connectivity index (χ0n) is 16.5. The van der Waals surface area contributed by atoms with Crippen molar-refractivity contribution >= 4 is 23.4 Å². The molecule has 7 nitrogen and oxygen atoms in total. The zero-order chi connectivity index (χ0) is 21.1. The number of fused-ring (bicyclic) bond motifs is 1. The molecule has 2 heterocycles. The number of benzene rings is 2. The number of hydrogen-bond acceptors (Lipinski definition) is 7. The van der Waals surface area contributed by atoms with Gasteiger partial charge in [-0.2, -0.15) is 4.98 Å². The Morgan fingerprint density at radius 1 is 1.20 bits per heavy atom. The van der Waals surface area contributed by atoms with Crippen LogP contribution in [-0.2, 0) is 10.5 Å². The minimum absolute atomic E-state index is 0.156. The summed E-state index contributed by atoms with van der Waals surface area (Å²) in [5, 5.41) is 6.41. The molecule has 9 heteroatoms. The number of amides is 1. The lowest BCUT2D eigenvalue weighted by Crippen LogP contribution is -2.23. The smallest absolute Gasteiger partial charge is 0.237 e. The van der Waals surface area contributed by atoms with E-state index in [2.05, 4.69) is 15.5 Å². The number of thioether (sulfide) groups is 1. The third-order valence-corrected chi connectivity index (χ3v) is 5.66. The third kappa shape index (κ3) is 4.56. The summed E-state index contributed by atoms with van der Waals surface area (Å²) in [7, 11) is 0. The second-order valence-electron chi connectivity index (χ2n) is 6.78. The van der Waals surface area contributed by atoms with Crippen LogP contribution in [0.25, 0.3) is 11.4 Å². The number of ether oxygens (including phenoxy) is 2. The van der Waals surface area contributed by atoms with Crippen LogP contribution in [0.3, 0.4) is 0 Å². The Morgan fingerprint density at radius 2 is 2.00 bits per heavy atom. The van der Waals surface area contributed by atoms with Gasteiger partial charge in [0.05, 0.1) is 11.0 Å². The molecule has 4 rings (SSSR count). The topological polar surface area (TPSA) is 86.5 Å². The molecule has 1 N–H and O–H groups in total. The highest BCUT2D eigenvalue weighted by Gasteiger charge is 2.18. The highest BCUT2D eigenvalue weighted by molar-refractivity contribution is 7.99. The van der Waals surface area contributed by atoms with Crippen molar-refractivity contribution in [3.05, 3.63) is 53.7 Å². The Balaban J connectivity index is 1.33. The molecule has 30 heavy (non-hydrogen) atoms. The molecule has 0 bridgehead atoms. The summed E-state index contributed by atoms with van der Waals surface area (Å²) >= 11 is 1.36. The van der Waals surface area contributed by atoms with Crippen molar-refractivity contribution in [1.29, 1.82) is 0 Å². The van der Waals surface area contributed by atoms with Crippen molar-refractivity contribution in [1.82, 2.24) is 10.1 Å². The fraction of sp³-hybridized carbons (Fsp3) is 0.286. The molecule has 0 saturated heterocycles. The van der Waals surface area contributed by atoms with E-state index in [0.29, 0.717) is 59.0 Å². The van der Waals surface area contributed by atoms with E-state index < -0.39 is 0 Å². The third-order valence-electron chi connectivity index (χ3n) is 4.53. The number of nitrogens with one attached hydrogen (secondary N) is 1. The van der Waals surface area contributed by atoms with E-state index in [9.17, 15) is 9.18 Å². The number of hydrogen-bond donors (Lipinski definition) is 1. The van der Waals surface area contributed by atoms with Gasteiger partial charge in [-0.15, -0.1) is 11.8 Å². The highest BCUT2D eigenvalue weighted by atomic mass is 32.2. The molecule has 2 aromatic carbocycles. The number of rotatable bonds is 6. The predicted octanol–water partition coefficient (Wildman–Crippen LogP) is 4.22. The van der Waals surface area contributed by atoms with Crippen LogP contribution >= 0.6 is 11.8 Å². The minimum atomic E-state index is -0.356. The number of aromatic nitrogens is 2. The molecule has 0 fully saturated rings. The van der Waals surface area contributed by atoms with Crippen molar-refractivity contribution in [2.45, 2.75) is 24.9 Å². The van der Waals surface area contributed by atoms with Crippen molar-refractivity contribution < 1.29 is 23.2 Å². The van der Waals surface area contributed by atoms with E-state index in [-0.39, 0.29) is 17.0 Å². The van der Waals surface area contributed by atoms with Gasteiger partial charge in [-0.3, -0.25) is 4.79 Å². The molecular formula is C21H20FN3O4S. The molecule has 1 amide bonds. The number of aryl methyl sites for hydroxylation is 1. The molecule has 0 radical (unpaired) electrons. The van der Waals surface area contributed by atoms with E-state index in [1.807, 2.05) is 0 Å². The van der Waals surface area contributed by atoms with Crippen molar-refractivity contribution in [2.24, 2.45) is 0 Å². The summed E-state index contributed by atoms with van der Waals surface area (Å²) in [6.45, 7) is 4.49. The number of carbonyl (C=O) groups excluding carboxylic acids is 1. The molecule has 1 aliphatic rings. The lowest BCUT2D eigenvalue weighted by molar-refractivity contribution is -0.115. The van der Waals surface area contributed by atoms with Crippen LogP contribution in [0.2, 0.25) is 0 Å². The van der Waals surface area contributed by atoms with E-state index in [1.165, 1.54) is 17.8 Å². The van der Waals surface area contributed by atoms with Gasteiger partial charge in [-0.25, -0.2) is 4.39 Å². The summed E-state index contributed by atoms with van der Waals surface area (Å²) < 4.78 is 30.0. The van der Waals surface area contributed by atoms with Gasteiger partial charge in [0.1, 0.15) is 19.0 Å².